The van der Waals surface area contributed by atoms with Crippen molar-refractivity contribution in [3.63, 3.8) is 0 Å². The zero-order valence-corrected chi connectivity index (χ0v) is 17.0. The quantitative estimate of drug-likeness (QED) is 0.825. The van der Waals surface area contributed by atoms with Crippen LogP contribution in [0.5, 0.6) is 0 Å². The third-order valence-electron chi connectivity index (χ3n) is 5.54. The second-order valence-corrected chi connectivity index (χ2v) is 7.38. The summed E-state index contributed by atoms with van der Waals surface area (Å²) in [6.07, 6.45) is 4.99. The summed E-state index contributed by atoms with van der Waals surface area (Å²) in [5.41, 5.74) is 3.53. The molecule has 3 rings (SSSR count). The van der Waals surface area contributed by atoms with E-state index in [1.165, 1.54) is 0 Å². The summed E-state index contributed by atoms with van der Waals surface area (Å²) in [6, 6.07) is 11.3. The minimum Gasteiger partial charge on any atom is -0.334 e. The molecule has 2 aromatic rings. The molecule has 0 aliphatic carbocycles. The van der Waals surface area contributed by atoms with Gasteiger partial charge in [0.25, 0.3) is 11.8 Å². The minimum atomic E-state index is -0.288. The first-order valence-corrected chi connectivity index (χ1v) is 10.2. The maximum absolute atomic E-state index is 13.0. The average molecular weight is 380 g/mol. The number of aromatic nitrogens is 1. The molecule has 1 saturated heterocycles. The summed E-state index contributed by atoms with van der Waals surface area (Å²) < 4.78 is 0. The third-order valence-corrected chi connectivity index (χ3v) is 5.54. The molecule has 1 aliphatic heterocycles. The molecule has 2 heterocycles. The topological polar surface area (TPSA) is 62.3 Å². The highest BCUT2D eigenvalue weighted by Gasteiger charge is 2.27. The predicted molar refractivity (Wildman–Crippen MR) is 112 cm³/mol. The van der Waals surface area contributed by atoms with Crippen LogP contribution in [0.4, 0.5) is 5.69 Å². The molecule has 2 amide bonds. The number of carbonyl (C=O) groups is 2. The van der Waals surface area contributed by atoms with Crippen molar-refractivity contribution in [2.75, 3.05) is 11.9 Å². The number of anilines is 1. The number of amides is 2. The largest absolute Gasteiger partial charge is 0.334 e. The van der Waals surface area contributed by atoms with Gasteiger partial charge in [-0.05, 0) is 62.3 Å². The summed E-state index contributed by atoms with van der Waals surface area (Å²) in [5, 5.41) is 2.99. The fraction of sp³-hybridized carbons (Fsp3) is 0.435. The molecule has 0 saturated carbocycles. The number of nitrogens with zero attached hydrogens (tertiary/aromatic N) is 2. The summed E-state index contributed by atoms with van der Waals surface area (Å²) in [7, 11) is 0. The molecule has 1 aromatic carbocycles. The lowest BCUT2D eigenvalue weighted by molar-refractivity contribution is 0.0602. The van der Waals surface area contributed by atoms with Crippen LogP contribution in [0.25, 0.3) is 0 Å². The van der Waals surface area contributed by atoms with Crippen LogP contribution in [0.1, 0.15) is 71.6 Å². The van der Waals surface area contributed by atoms with Gasteiger partial charge in [0.1, 0.15) is 11.4 Å². The minimum absolute atomic E-state index is 0.0775. The van der Waals surface area contributed by atoms with Crippen molar-refractivity contribution >= 4 is 17.5 Å². The number of hydrogen-bond acceptors (Lipinski definition) is 3. The van der Waals surface area contributed by atoms with Crippen LogP contribution in [-0.2, 0) is 6.42 Å². The van der Waals surface area contributed by atoms with Gasteiger partial charge in [-0.15, -0.1) is 0 Å². The highest BCUT2D eigenvalue weighted by atomic mass is 16.2. The molecule has 28 heavy (non-hydrogen) atoms. The average Bonchev–Trinajstić information content (AvgIpc) is 2.74. The fourth-order valence-corrected chi connectivity index (χ4v) is 3.90. The molecule has 1 fully saturated rings. The van der Waals surface area contributed by atoms with E-state index in [1.54, 1.807) is 18.2 Å². The molecule has 0 bridgehead atoms. The number of likely N-dealkylation sites (tertiary alicyclic amines) is 1. The summed E-state index contributed by atoms with van der Waals surface area (Å²) in [4.78, 5) is 32.1. The van der Waals surface area contributed by atoms with Gasteiger partial charge in [-0.25, -0.2) is 4.98 Å². The van der Waals surface area contributed by atoms with Crippen molar-refractivity contribution in [3.05, 3.63) is 58.9 Å². The molecule has 1 atom stereocenters. The summed E-state index contributed by atoms with van der Waals surface area (Å²) in [5.74, 6) is -0.365. The number of aryl methyl sites for hydroxylation is 2. The lowest BCUT2D eigenvalue weighted by Crippen LogP contribution is -2.43. The van der Waals surface area contributed by atoms with Gasteiger partial charge in [-0.2, -0.15) is 0 Å². The Balaban J connectivity index is 1.81. The van der Waals surface area contributed by atoms with Gasteiger partial charge in [0, 0.05) is 18.3 Å². The van der Waals surface area contributed by atoms with Crippen molar-refractivity contribution < 1.29 is 9.59 Å². The number of nitrogens with one attached hydrogen (secondary N) is 1. The molecule has 0 spiro atoms. The van der Waals surface area contributed by atoms with Crippen molar-refractivity contribution in [2.24, 2.45) is 0 Å². The standard InChI is InChI=1S/C23H29N3O2/c1-4-17-11-8-10-16(3)21(17)25-22(27)19-13-9-14-20(24-19)23(28)26-15-7-6-12-18(26)5-2/h8-11,13-14,18H,4-7,12,15H2,1-3H3,(H,25,27). The summed E-state index contributed by atoms with van der Waals surface area (Å²) in [6.45, 7) is 6.91. The van der Waals surface area contributed by atoms with E-state index in [2.05, 4.69) is 24.1 Å². The van der Waals surface area contributed by atoms with Crippen LogP contribution < -0.4 is 5.32 Å². The van der Waals surface area contributed by atoms with Crippen molar-refractivity contribution in [3.8, 4) is 0 Å². The number of carbonyl (C=O) groups excluding carboxylic acids is 2. The number of rotatable bonds is 5. The molecule has 5 heteroatoms. The van der Waals surface area contributed by atoms with Crippen molar-refractivity contribution in [1.29, 1.82) is 0 Å². The van der Waals surface area contributed by atoms with Gasteiger partial charge in [-0.1, -0.05) is 38.1 Å². The van der Waals surface area contributed by atoms with Gasteiger partial charge >= 0.3 is 0 Å². The van der Waals surface area contributed by atoms with E-state index < -0.39 is 0 Å². The number of pyridine rings is 1. The predicted octanol–water partition coefficient (Wildman–Crippen LogP) is 4.61. The fourth-order valence-electron chi connectivity index (χ4n) is 3.90. The van der Waals surface area contributed by atoms with Crippen LogP contribution in [0.15, 0.2) is 36.4 Å². The first-order chi connectivity index (χ1) is 13.5. The van der Waals surface area contributed by atoms with Crippen LogP contribution in [0.2, 0.25) is 0 Å². The van der Waals surface area contributed by atoms with E-state index in [1.807, 2.05) is 30.0 Å². The molecular formula is C23H29N3O2. The van der Waals surface area contributed by atoms with E-state index >= 15 is 0 Å². The molecule has 148 valence electrons. The number of hydrogen-bond donors (Lipinski definition) is 1. The first kappa shape index (κ1) is 20.1. The molecule has 0 radical (unpaired) electrons. The molecule has 1 N–H and O–H groups in total. The highest BCUT2D eigenvalue weighted by molar-refractivity contribution is 6.04. The Morgan fingerprint density at radius 1 is 1.11 bits per heavy atom. The number of para-hydroxylation sites is 1. The van der Waals surface area contributed by atoms with Crippen molar-refractivity contribution in [2.45, 2.75) is 58.9 Å². The lowest BCUT2D eigenvalue weighted by Gasteiger charge is -2.35. The van der Waals surface area contributed by atoms with Crippen molar-refractivity contribution in [1.82, 2.24) is 9.88 Å². The van der Waals surface area contributed by atoms with Gasteiger partial charge in [0.2, 0.25) is 0 Å². The van der Waals surface area contributed by atoms with E-state index in [4.69, 9.17) is 0 Å². The maximum atomic E-state index is 13.0. The zero-order chi connectivity index (χ0) is 20.1. The first-order valence-electron chi connectivity index (χ1n) is 10.2. The Hall–Kier alpha value is -2.69. The van der Waals surface area contributed by atoms with Crippen LogP contribution in [-0.4, -0.2) is 34.3 Å². The van der Waals surface area contributed by atoms with Gasteiger partial charge < -0.3 is 10.2 Å². The second-order valence-electron chi connectivity index (χ2n) is 7.38. The molecular weight excluding hydrogens is 350 g/mol. The SMILES string of the molecule is CCc1cccc(C)c1NC(=O)c1cccc(C(=O)N2CCCCC2CC)n1. The third kappa shape index (κ3) is 4.24. The smallest absolute Gasteiger partial charge is 0.274 e. The Labute approximate surface area is 167 Å². The molecule has 5 nitrogen and oxygen atoms in total. The molecule has 1 aliphatic rings. The normalized spacial score (nSPS) is 16.7. The Morgan fingerprint density at radius 2 is 1.86 bits per heavy atom. The Morgan fingerprint density at radius 3 is 2.61 bits per heavy atom. The van der Waals surface area contributed by atoms with E-state index in [9.17, 15) is 9.59 Å². The molecule has 1 unspecified atom stereocenters. The zero-order valence-electron chi connectivity index (χ0n) is 17.0. The second kappa shape index (κ2) is 9.00. The number of benzene rings is 1. The number of piperidine rings is 1. The summed E-state index contributed by atoms with van der Waals surface area (Å²) >= 11 is 0. The molecule has 1 aromatic heterocycles. The van der Waals surface area contributed by atoms with Crippen LogP contribution in [0.3, 0.4) is 0 Å². The Kier molecular flexibility index (Phi) is 6.45. The Bertz CT molecular complexity index is 863. The van der Waals surface area contributed by atoms with E-state index in [0.29, 0.717) is 5.69 Å². The van der Waals surface area contributed by atoms with Crippen LogP contribution in [0, 0.1) is 6.92 Å². The van der Waals surface area contributed by atoms with Crippen LogP contribution >= 0.6 is 0 Å². The van der Waals surface area contributed by atoms with E-state index in [0.717, 1.165) is 55.5 Å². The van der Waals surface area contributed by atoms with Gasteiger partial charge in [0.05, 0.1) is 0 Å². The monoisotopic (exact) mass is 379 g/mol. The van der Waals surface area contributed by atoms with Gasteiger partial charge in [-0.3, -0.25) is 9.59 Å². The maximum Gasteiger partial charge on any atom is 0.274 e. The highest BCUT2D eigenvalue weighted by Crippen LogP contribution is 2.23. The van der Waals surface area contributed by atoms with E-state index in [-0.39, 0.29) is 23.6 Å². The lowest BCUT2D eigenvalue weighted by atomic mass is 9.99. The van der Waals surface area contributed by atoms with Gasteiger partial charge in [0.15, 0.2) is 0 Å².